The highest BCUT2D eigenvalue weighted by atomic mass is 35.5. The smallest absolute Gasteiger partial charge is 0.303 e. The van der Waals surface area contributed by atoms with E-state index < -0.39 is 45.3 Å². The van der Waals surface area contributed by atoms with Gasteiger partial charge in [-0.05, 0) is 24.1 Å². The highest BCUT2D eigenvalue weighted by molar-refractivity contribution is 7.90. The number of sulfone groups is 1. The number of aliphatic carboxylic acids is 1. The standard InChI is InChI=1S/C16H32O2.C12H15Cl2NO5S/c1-2-3-4-5-6-7-8-9-10-11-12-13-14-15-16(17)18;1-21(19,20)8-4-2-7(3-5-8)10(17)9(6-16)15-12(18)11(13)14/h2-15H2,1H3,(H,17,18);2-5,9-11,16-17H,6H2,1H3,(H,15,18)/t;9-,10-/m.1/s1. The Hall–Kier alpha value is -1.39. The van der Waals surface area contributed by atoms with E-state index in [0.29, 0.717) is 12.0 Å². The Balaban J connectivity index is 0.000000751. The number of aliphatic hydroxyl groups is 2. The van der Waals surface area contributed by atoms with E-state index in [1.165, 1.54) is 94.9 Å². The molecule has 1 aromatic rings. The molecule has 0 heterocycles. The summed E-state index contributed by atoms with van der Waals surface area (Å²) in [4.78, 5) is 20.4. The number of hydrogen-bond acceptors (Lipinski definition) is 6. The van der Waals surface area contributed by atoms with Gasteiger partial charge in [-0.15, -0.1) is 0 Å². The van der Waals surface area contributed by atoms with Gasteiger partial charge in [0.1, 0.15) is 6.10 Å². The molecular weight excluding hydrogens is 565 g/mol. The van der Waals surface area contributed by atoms with Crippen molar-refractivity contribution in [2.24, 2.45) is 0 Å². The van der Waals surface area contributed by atoms with Gasteiger partial charge in [-0.25, -0.2) is 8.42 Å². The van der Waals surface area contributed by atoms with Crippen LogP contribution in [0.25, 0.3) is 0 Å². The van der Waals surface area contributed by atoms with Crippen molar-refractivity contribution in [2.45, 2.75) is 119 Å². The average molecular weight is 613 g/mol. The highest BCUT2D eigenvalue weighted by Crippen LogP contribution is 2.20. The maximum absolute atomic E-state index is 11.4. The molecule has 1 rings (SSSR count). The topological polar surface area (TPSA) is 141 Å². The molecule has 1 amide bonds. The summed E-state index contributed by atoms with van der Waals surface area (Å²) in [6.45, 7) is 1.72. The zero-order valence-corrected chi connectivity index (χ0v) is 25.6. The van der Waals surface area contributed by atoms with Crippen LogP contribution in [0.4, 0.5) is 0 Å². The third-order valence-electron chi connectivity index (χ3n) is 6.25. The first-order valence-corrected chi connectivity index (χ1v) is 16.6. The maximum Gasteiger partial charge on any atom is 0.303 e. The van der Waals surface area contributed by atoms with Crippen LogP contribution in [0.5, 0.6) is 0 Å². The zero-order valence-electron chi connectivity index (χ0n) is 23.3. The molecule has 0 aromatic heterocycles. The quantitative estimate of drug-likeness (QED) is 0.105. The number of unbranched alkanes of at least 4 members (excludes halogenated alkanes) is 12. The summed E-state index contributed by atoms with van der Waals surface area (Å²) in [5.74, 6) is -1.40. The first-order chi connectivity index (χ1) is 18.4. The van der Waals surface area contributed by atoms with Crippen molar-refractivity contribution >= 4 is 44.9 Å². The third-order valence-corrected chi connectivity index (χ3v) is 7.77. The van der Waals surface area contributed by atoms with Crippen molar-refractivity contribution in [3.8, 4) is 0 Å². The number of hydrogen-bond donors (Lipinski definition) is 4. The Morgan fingerprint density at radius 2 is 1.28 bits per heavy atom. The van der Waals surface area contributed by atoms with Crippen molar-refractivity contribution in [3.63, 3.8) is 0 Å². The molecule has 0 unspecified atom stereocenters. The van der Waals surface area contributed by atoms with Crippen LogP contribution in [0.1, 0.15) is 108 Å². The molecular formula is C28H47Cl2NO7S. The molecule has 0 aliphatic heterocycles. The predicted octanol–water partition coefficient (Wildman–Crippen LogP) is 5.96. The number of aliphatic hydroxyl groups excluding tert-OH is 2. The molecule has 8 nitrogen and oxygen atoms in total. The summed E-state index contributed by atoms with van der Waals surface area (Å²) in [7, 11) is -3.34. The van der Waals surface area contributed by atoms with Gasteiger partial charge in [0.2, 0.25) is 0 Å². The summed E-state index contributed by atoms with van der Waals surface area (Å²) < 4.78 is 22.7. The summed E-state index contributed by atoms with van der Waals surface area (Å²) >= 11 is 10.7. The number of benzene rings is 1. The SMILES string of the molecule is CCCCCCCCCCCCCCCC(=O)O.CS(=O)(=O)c1ccc([C@@H](O)[C@@H](CO)NC(=O)C(Cl)Cl)cc1. The number of nitrogens with one attached hydrogen (secondary N) is 1. The lowest BCUT2D eigenvalue weighted by Gasteiger charge is -2.23. The highest BCUT2D eigenvalue weighted by Gasteiger charge is 2.24. The molecule has 2 atom stereocenters. The summed E-state index contributed by atoms with van der Waals surface area (Å²) in [6.07, 6.45) is 17.1. The van der Waals surface area contributed by atoms with Crippen molar-refractivity contribution in [2.75, 3.05) is 12.9 Å². The number of halogens is 2. The fourth-order valence-electron chi connectivity index (χ4n) is 3.91. The van der Waals surface area contributed by atoms with E-state index >= 15 is 0 Å². The predicted molar refractivity (Wildman–Crippen MR) is 157 cm³/mol. The van der Waals surface area contributed by atoms with Gasteiger partial charge < -0.3 is 20.6 Å². The number of carboxylic acids is 1. The van der Waals surface area contributed by atoms with Gasteiger partial charge in [0.25, 0.3) is 5.91 Å². The van der Waals surface area contributed by atoms with Crippen LogP contribution < -0.4 is 5.32 Å². The molecule has 1 aromatic carbocycles. The van der Waals surface area contributed by atoms with Gasteiger partial charge in [0.05, 0.1) is 17.5 Å². The fourth-order valence-corrected chi connectivity index (χ4v) is 4.67. The van der Waals surface area contributed by atoms with E-state index in [0.717, 1.165) is 19.1 Å². The van der Waals surface area contributed by atoms with Gasteiger partial charge in [-0.1, -0.05) is 119 Å². The molecule has 0 aliphatic rings. The number of carbonyl (C=O) groups excluding carboxylic acids is 1. The van der Waals surface area contributed by atoms with Crippen LogP contribution >= 0.6 is 23.2 Å². The molecule has 0 radical (unpaired) electrons. The van der Waals surface area contributed by atoms with E-state index in [2.05, 4.69) is 12.2 Å². The number of carboxylic acid groups (broad SMARTS) is 1. The van der Waals surface area contributed by atoms with Crippen LogP contribution in [-0.4, -0.2) is 59.4 Å². The van der Waals surface area contributed by atoms with Crippen LogP contribution in [0.2, 0.25) is 0 Å². The van der Waals surface area contributed by atoms with E-state index in [1.807, 2.05) is 0 Å². The lowest BCUT2D eigenvalue weighted by atomic mass is 10.0. The van der Waals surface area contributed by atoms with Crippen LogP contribution in [-0.2, 0) is 19.4 Å². The van der Waals surface area contributed by atoms with E-state index in [4.69, 9.17) is 28.3 Å². The van der Waals surface area contributed by atoms with Crippen LogP contribution in [0.15, 0.2) is 29.2 Å². The first-order valence-electron chi connectivity index (χ1n) is 13.8. The second-order valence-electron chi connectivity index (χ2n) is 9.77. The normalized spacial score (nSPS) is 12.9. The summed E-state index contributed by atoms with van der Waals surface area (Å²) in [5, 5.41) is 30.1. The van der Waals surface area contributed by atoms with E-state index in [9.17, 15) is 28.2 Å². The molecule has 226 valence electrons. The fraction of sp³-hybridized carbons (Fsp3) is 0.714. The van der Waals surface area contributed by atoms with E-state index in [-0.39, 0.29) is 4.90 Å². The number of carbonyl (C=O) groups is 2. The van der Waals surface area contributed by atoms with Gasteiger partial charge in [0, 0.05) is 12.7 Å². The second kappa shape index (κ2) is 22.3. The maximum atomic E-state index is 11.4. The van der Waals surface area contributed by atoms with Crippen molar-refractivity contribution in [1.82, 2.24) is 5.32 Å². The minimum absolute atomic E-state index is 0.101. The van der Waals surface area contributed by atoms with Crippen molar-refractivity contribution in [3.05, 3.63) is 29.8 Å². The van der Waals surface area contributed by atoms with Gasteiger partial charge in [-0.2, -0.15) is 0 Å². The first kappa shape index (κ1) is 37.6. The molecule has 0 saturated heterocycles. The molecule has 0 aliphatic carbocycles. The van der Waals surface area contributed by atoms with Gasteiger partial charge in [-0.3, -0.25) is 9.59 Å². The summed E-state index contributed by atoms with van der Waals surface area (Å²) in [5.41, 5.74) is 0.336. The minimum Gasteiger partial charge on any atom is -0.481 e. The Morgan fingerprint density at radius 3 is 1.64 bits per heavy atom. The zero-order chi connectivity index (χ0) is 29.7. The minimum atomic E-state index is -3.34. The Morgan fingerprint density at radius 1 is 0.846 bits per heavy atom. The lowest BCUT2D eigenvalue weighted by molar-refractivity contribution is -0.137. The Bertz CT molecular complexity index is 896. The van der Waals surface area contributed by atoms with Crippen molar-refractivity contribution in [1.29, 1.82) is 0 Å². The largest absolute Gasteiger partial charge is 0.481 e. The van der Waals surface area contributed by atoms with Gasteiger partial charge >= 0.3 is 5.97 Å². The molecule has 0 spiro atoms. The number of alkyl halides is 2. The third kappa shape index (κ3) is 19.3. The van der Waals surface area contributed by atoms with Crippen LogP contribution in [0, 0.1) is 0 Å². The monoisotopic (exact) mass is 611 g/mol. The molecule has 0 saturated carbocycles. The number of rotatable bonds is 20. The number of amides is 1. The Kier molecular flexibility index (Phi) is 21.5. The molecule has 0 bridgehead atoms. The van der Waals surface area contributed by atoms with Crippen LogP contribution in [0.3, 0.4) is 0 Å². The van der Waals surface area contributed by atoms with Gasteiger partial charge in [0.15, 0.2) is 14.7 Å². The Labute approximate surface area is 244 Å². The molecule has 0 fully saturated rings. The molecule has 4 N–H and O–H groups in total. The summed E-state index contributed by atoms with van der Waals surface area (Å²) in [6, 6.07) is 4.44. The lowest BCUT2D eigenvalue weighted by Crippen LogP contribution is -2.44. The second-order valence-corrected chi connectivity index (χ2v) is 12.9. The molecule has 39 heavy (non-hydrogen) atoms. The van der Waals surface area contributed by atoms with Crippen molar-refractivity contribution < 1.29 is 33.3 Å². The molecule has 11 heteroatoms. The average Bonchev–Trinajstić information content (AvgIpc) is 2.89. The van der Waals surface area contributed by atoms with E-state index in [1.54, 1.807) is 0 Å².